The van der Waals surface area contributed by atoms with Crippen molar-refractivity contribution in [3.8, 4) is 11.1 Å². The lowest BCUT2D eigenvalue weighted by Gasteiger charge is -2.26. The summed E-state index contributed by atoms with van der Waals surface area (Å²) in [5.41, 5.74) is 3.70. The van der Waals surface area contributed by atoms with Gasteiger partial charge in [0.25, 0.3) is 5.91 Å². The Hall–Kier alpha value is -3.32. The van der Waals surface area contributed by atoms with E-state index >= 15 is 0 Å². The third-order valence-electron chi connectivity index (χ3n) is 5.19. The van der Waals surface area contributed by atoms with Crippen molar-refractivity contribution in [2.45, 2.75) is 13.3 Å². The first-order valence-corrected chi connectivity index (χ1v) is 10.3. The number of carbonyl (C=O) groups is 2. The lowest BCUT2D eigenvalue weighted by Crippen LogP contribution is -2.41. The highest BCUT2D eigenvalue weighted by Gasteiger charge is 2.26. The lowest BCUT2D eigenvalue weighted by atomic mass is 10.0. The minimum absolute atomic E-state index is 0.0604. The van der Waals surface area contributed by atoms with Crippen LogP contribution in [-0.2, 0) is 4.74 Å². The second-order valence-corrected chi connectivity index (χ2v) is 7.25. The van der Waals surface area contributed by atoms with E-state index in [2.05, 4.69) is 15.6 Å². The van der Waals surface area contributed by atoms with E-state index in [0.29, 0.717) is 44.2 Å². The number of aromatic nitrogens is 1. The molecule has 3 aromatic rings. The largest absolute Gasteiger partial charge is 0.378 e. The van der Waals surface area contributed by atoms with Gasteiger partial charge in [-0.1, -0.05) is 49.4 Å². The van der Waals surface area contributed by atoms with Crippen LogP contribution in [0.25, 0.3) is 22.0 Å². The molecule has 1 fully saturated rings. The van der Waals surface area contributed by atoms with E-state index in [4.69, 9.17) is 4.74 Å². The Morgan fingerprint density at radius 2 is 1.83 bits per heavy atom. The van der Waals surface area contributed by atoms with Crippen LogP contribution in [0.3, 0.4) is 0 Å². The molecule has 0 spiro atoms. The number of H-pyrrole nitrogens is 1. The van der Waals surface area contributed by atoms with Crippen molar-refractivity contribution in [2.75, 3.05) is 38.2 Å². The summed E-state index contributed by atoms with van der Waals surface area (Å²) in [6.07, 6.45) is 0.858. The monoisotopic (exact) mass is 406 g/mol. The van der Waals surface area contributed by atoms with Crippen LogP contribution in [0, 0.1) is 0 Å². The number of hydrogen-bond acceptors (Lipinski definition) is 3. The number of aromatic amines is 1. The standard InChI is InChI=1S/C23H26N4O3/c1-2-11-24-23(29)25-18-10-6-9-17-19(16-7-4-3-5-8-16)21(26-20(17)18)22(28)27-12-14-30-15-13-27/h3-10,26H,2,11-15H2,1H3,(H2,24,25,29). The maximum Gasteiger partial charge on any atom is 0.319 e. The smallest absolute Gasteiger partial charge is 0.319 e. The summed E-state index contributed by atoms with van der Waals surface area (Å²) in [6.45, 7) is 4.80. The Morgan fingerprint density at radius 1 is 1.07 bits per heavy atom. The number of benzene rings is 2. The van der Waals surface area contributed by atoms with Crippen LogP contribution in [0.2, 0.25) is 0 Å². The van der Waals surface area contributed by atoms with Crippen LogP contribution in [0.4, 0.5) is 10.5 Å². The molecule has 156 valence electrons. The molecule has 0 radical (unpaired) electrons. The Morgan fingerprint density at radius 3 is 2.57 bits per heavy atom. The number of carbonyl (C=O) groups excluding carboxylic acids is 2. The van der Waals surface area contributed by atoms with Gasteiger partial charge < -0.3 is 25.3 Å². The number of para-hydroxylation sites is 1. The van der Waals surface area contributed by atoms with Crippen molar-refractivity contribution in [2.24, 2.45) is 0 Å². The molecule has 7 heteroatoms. The normalized spacial score (nSPS) is 14.0. The summed E-state index contributed by atoms with van der Waals surface area (Å²) < 4.78 is 5.40. The summed E-state index contributed by atoms with van der Waals surface area (Å²) in [5, 5.41) is 6.62. The topological polar surface area (TPSA) is 86.5 Å². The summed E-state index contributed by atoms with van der Waals surface area (Å²) in [5.74, 6) is -0.0604. The number of hydrogen-bond donors (Lipinski definition) is 3. The van der Waals surface area contributed by atoms with Crippen molar-refractivity contribution in [1.82, 2.24) is 15.2 Å². The van der Waals surface area contributed by atoms with Crippen molar-refractivity contribution >= 4 is 28.5 Å². The first kappa shape index (κ1) is 20.0. The molecule has 30 heavy (non-hydrogen) atoms. The molecule has 1 aliphatic heterocycles. The minimum Gasteiger partial charge on any atom is -0.378 e. The average molecular weight is 406 g/mol. The molecular formula is C23H26N4O3. The van der Waals surface area contributed by atoms with E-state index < -0.39 is 0 Å². The molecule has 3 amide bonds. The van der Waals surface area contributed by atoms with Crippen LogP contribution >= 0.6 is 0 Å². The van der Waals surface area contributed by atoms with E-state index in [-0.39, 0.29) is 11.9 Å². The second-order valence-electron chi connectivity index (χ2n) is 7.25. The van der Waals surface area contributed by atoms with Gasteiger partial charge in [-0.3, -0.25) is 4.79 Å². The molecule has 1 saturated heterocycles. The minimum atomic E-state index is -0.263. The molecule has 1 aromatic heterocycles. The van der Waals surface area contributed by atoms with Crippen molar-refractivity contribution in [3.63, 3.8) is 0 Å². The van der Waals surface area contributed by atoms with Gasteiger partial charge in [-0.05, 0) is 18.1 Å². The van der Waals surface area contributed by atoms with E-state index in [9.17, 15) is 9.59 Å². The van der Waals surface area contributed by atoms with E-state index in [1.807, 2.05) is 60.4 Å². The van der Waals surface area contributed by atoms with E-state index in [1.165, 1.54) is 0 Å². The highest BCUT2D eigenvalue weighted by atomic mass is 16.5. The summed E-state index contributed by atoms with van der Waals surface area (Å²) in [6, 6.07) is 15.3. The zero-order chi connectivity index (χ0) is 20.9. The molecule has 7 nitrogen and oxygen atoms in total. The average Bonchev–Trinajstić information content (AvgIpc) is 3.19. The predicted octanol–water partition coefficient (Wildman–Crippen LogP) is 3.84. The fraction of sp³-hybridized carbons (Fsp3) is 0.304. The van der Waals surface area contributed by atoms with Gasteiger partial charge in [-0.25, -0.2) is 4.79 Å². The molecule has 4 rings (SSSR count). The third-order valence-corrected chi connectivity index (χ3v) is 5.19. The maximum atomic E-state index is 13.4. The van der Waals surface area contributed by atoms with Crippen LogP contribution in [0.5, 0.6) is 0 Å². The predicted molar refractivity (Wildman–Crippen MR) is 118 cm³/mol. The van der Waals surface area contributed by atoms with E-state index in [1.54, 1.807) is 0 Å². The first-order chi connectivity index (χ1) is 14.7. The maximum absolute atomic E-state index is 13.4. The van der Waals surface area contributed by atoms with Gasteiger partial charge in [0.15, 0.2) is 0 Å². The van der Waals surface area contributed by atoms with Gasteiger partial charge >= 0.3 is 6.03 Å². The van der Waals surface area contributed by atoms with Crippen molar-refractivity contribution in [1.29, 1.82) is 0 Å². The number of nitrogens with one attached hydrogen (secondary N) is 3. The zero-order valence-corrected chi connectivity index (χ0v) is 17.0. The molecule has 3 N–H and O–H groups in total. The molecule has 0 aliphatic carbocycles. The number of urea groups is 1. The number of rotatable bonds is 5. The fourth-order valence-electron chi connectivity index (χ4n) is 3.72. The van der Waals surface area contributed by atoms with Gasteiger partial charge in [0.1, 0.15) is 5.69 Å². The molecule has 2 heterocycles. The van der Waals surface area contributed by atoms with Crippen LogP contribution < -0.4 is 10.6 Å². The second kappa shape index (κ2) is 9.00. The highest BCUT2D eigenvalue weighted by molar-refractivity contribution is 6.13. The van der Waals surface area contributed by atoms with Gasteiger partial charge in [0.2, 0.25) is 0 Å². The Kier molecular flexibility index (Phi) is 5.99. The number of fused-ring (bicyclic) bond motifs is 1. The molecule has 0 atom stereocenters. The lowest BCUT2D eigenvalue weighted by molar-refractivity contribution is 0.0300. The molecule has 2 aromatic carbocycles. The van der Waals surface area contributed by atoms with Crippen molar-refractivity contribution in [3.05, 3.63) is 54.2 Å². The van der Waals surface area contributed by atoms with Gasteiger partial charge in [0.05, 0.1) is 24.4 Å². The van der Waals surface area contributed by atoms with Gasteiger partial charge in [-0.2, -0.15) is 0 Å². The quantitative estimate of drug-likeness (QED) is 0.602. The Balaban J connectivity index is 1.80. The molecular weight excluding hydrogens is 380 g/mol. The third kappa shape index (κ3) is 4.02. The Bertz CT molecular complexity index is 1040. The molecule has 1 aliphatic rings. The van der Waals surface area contributed by atoms with Gasteiger partial charge in [-0.15, -0.1) is 0 Å². The van der Waals surface area contributed by atoms with Gasteiger partial charge in [0, 0.05) is 30.6 Å². The van der Waals surface area contributed by atoms with E-state index in [0.717, 1.165) is 28.5 Å². The van der Waals surface area contributed by atoms with Crippen LogP contribution in [0.15, 0.2) is 48.5 Å². The Labute approximate surface area is 175 Å². The first-order valence-electron chi connectivity index (χ1n) is 10.3. The summed E-state index contributed by atoms with van der Waals surface area (Å²) >= 11 is 0. The molecule has 0 saturated carbocycles. The SMILES string of the molecule is CCCNC(=O)Nc1cccc2c(-c3ccccc3)c(C(=O)N3CCOCC3)[nH]c12. The summed E-state index contributed by atoms with van der Waals surface area (Å²) in [7, 11) is 0. The zero-order valence-electron chi connectivity index (χ0n) is 17.0. The highest BCUT2D eigenvalue weighted by Crippen LogP contribution is 2.36. The number of ether oxygens (including phenoxy) is 1. The number of nitrogens with zero attached hydrogens (tertiary/aromatic N) is 1. The van der Waals surface area contributed by atoms with Crippen molar-refractivity contribution < 1.29 is 14.3 Å². The number of anilines is 1. The van der Waals surface area contributed by atoms with Crippen LogP contribution in [0.1, 0.15) is 23.8 Å². The molecule has 0 unspecified atom stereocenters. The van der Waals surface area contributed by atoms with Crippen LogP contribution in [-0.4, -0.2) is 54.7 Å². The number of amides is 3. The summed E-state index contributed by atoms with van der Waals surface area (Å²) in [4.78, 5) is 30.7. The number of morpholine rings is 1. The fourth-order valence-corrected chi connectivity index (χ4v) is 3.72. The molecule has 0 bridgehead atoms.